The number of halogens is 1. The second-order valence-corrected chi connectivity index (χ2v) is 6.95. The average Bonchev–Trinajstić information content (AvgIpc) is 2.59. The highest BCUT2D eigenvalue weighted by molar-refractivity contribution is 14.0. The van der Waals surface area contributed by atoms with Crippen molar-refractivity contribution in [3.8, 4) is 0 Å². The van der Waals surface area contributed by atoms with E-state index in [4.69, 9.17) is 9.73 Å². The van der Waals surface area contributed by atoms with Crippen LogP contribution < -0.4 is 15.5 Å². The third-order valence-electron chi connectivity index (χ3n) is 4.15. The first kappa shape index (κ1) is 23.0. The summed E-state index contributed by atoms with van der Waals surface area (Å²) in [4.78, 5) is 11.5. The third-order valence-corrected chi connectivity index (χ3v) is 4.15. The van der Waals surface area contributed by atoms with Gasteiger partial charge in [0.2, 0.25) is 0 Å². The smallest absolute Gasteiger partial charge is 0.191 e. The van der Waals surface area contributed by atoms with Crippen LogP contribution in [0.25, 0.3) is 0 Å². The largest absolute Gasteiger partial charge is 0.375 e. The van der Waals surface area contributed by atoms with Crippen LogP contribution >= 0.6 is 24.0 Å². The summed E-state index contributed by atoms with van der Waals surface area (Å²) in [5, 5.41) is 6.71. The molecule has 2 rings (SSSR count). The summed E-state index contributed by atoms with van der Waals surface area (Å²) in [7, 11) is 0. The molecule has 0 bridgehead atoms. The number of guanidine groups is 1. The van der Waals surface area contributed by atoms with Gasteiger partial charge in [0, 0.05) is 32.4 Å². The zero-order valence-electron chi connectivity index (χ0n) is 16.5. The molecule has 1 atom stereocenters. The standard InChI is InChI=1S/C19H33N5O.HI/c1-5-20-19(22-8-6-15(2)3)23-13-17-7-9-21-18(12-17)24-10-11-25-16(4)14-24;/h7,9,12,15-16H,5-6,8,10-11,13-14H2,1-4H3,(H2,20,22,23);1H. The van der Waals surface area contributed by atoms with Crippen LogP contribution in [0, 0.1) is 5.92 Å². The Kier molecular flexibility index (Phi) is 10.9. The SMILES string of the molecule is CCNC(=NCc1ccnc(N2CCOC(C)C2)c1)NCCC(C)C.I. The molecule has 148 valence electrons. The Morgan fingerprint density at radius 3 is 2.92 bits per heavy atom. The van der Waals surface area contributed by atoms with Gasteiger partial charge in [-0.25, -0.2) is 9.98 Å². The Morgan fingerprint density at radius 2 is 2.23 bits per heavy atom. The molecule has 0 aromatic carbocycles. The monoisotopic (exact) mass is 475 g/mol. The molecule has 26 heavy (non-hydrogen) atoms. The molecule has 2 heterocycles. The van der Waals surface area contributed by atoms with Crippen molar-refractivity contribution >= 4 is 35.8 Å². The summed E-state index contributed by atoms with van der Waals surface area (Å²) in [6.45, 7) is 13.6. The van der Waals surface area contributed by atoms with E-state index >= 15 is 0 Å². The maximum atomic E-state index is 5.61. The van der Waals surface area contributed by atoms with Gasteiger partial charge in [-0.1, -0.05) is 13.8 Å². The van der Waals surface area contributed by atoms with Crippen LogP contribution in [-0.2, 0) is 11.3 Å². The first-order valence-corrected chi connectivity index (χ1v) is 9.42. The molecule has 1 aliphatic rings. The zero-order chi connectivity index (χ0) is 18.1. The van der Waals surface area contributed by atoms with Gasteiger partial charge in [0.15, 0.2) is 5.96 Å². The number of aromatic nitrogens is 1. The van der Waals surface area contributed by atoms with Crippen LogP contribution in [0.4, 0.5) is 5.82 Å². The third kappa shape index (κ3) is 8.07. The molecule has 0 radical (unpaired) electrons. The van der Waals surface area contributed by atoms with Gasteiger partial charge in [-0.3, -0.25) is 0 Å². The molecular formula is C19H34IN5O. The van der Waals surface area contributed by atoms with E-state index in [0.717, 1.165) is 51.0 Å². The Balaban J connectivity index is 0.00000338. The number of pyridine rings is 1. The lowest BCUT2D eigenvalue weighted by Gasteiger charge is -2.32. The zero-order valence-corrected chi connectivity index (χ0v) is 18.8. The van der Waals surface area contributed by atoms with Crippen LogP contribution in [0.1, 0.15) is 39.7 Å². The molecule has 1 aromatic heterocycles. The van der Waals surface area contributed by atoms with E-state index in [1.54, 1.807) is 0 Å². The quantitative estimate of drug-likeness (QED) is 0.361. The van der Waals surface area contributed by atoms with Crippen molar-refractivity contribution in [1.29, 1.82) is 0 Å². The predicted molar refractivity (Wildman–Crippen MR) is 120 cm³/mol. The lowest BCUT2D eigenvalue weighted by atomic mass is 10.1. The van der Waals surface area contributed by atoms with Crippen molar-refractivity contribution in [1.82, 2.24) is 15.6 Å². The van der Waals surface area contributed by atoms with Crippen molar-refractivity contribution < 1.29 is 4.74 Å². The van der Waals surface area contributed by atoms with Gasteiger partial charge in [0.25, 0.3) is 0 Å². The summed E-state index contributed by atoms with van der Waals surface area (Å²) < 4.78 is 5.61. The van der Waals surface area contributed by atoms with E-state index in [-0.39, 0.29) is 30.1 Å². The molecule has 1 unspecified atom stereocenters. The number of aliphatic imine (C=N–C) groups is 1. The van der Waals surface area contributed by atoms with Gasteiger partial charge < -0.3 is 20.3 Å². The maximum Gasteiger partial charge on any atom is 0.191 e. The fraction of sp³-hybridized carbons (Fsp3) is 0.684. The van der Waals surface area contributed by atoms with Crippen molar-refractivity contribution in [2.75, 3.05) is 37.7 Å². The number of rotatable bonds is 7. The van der Waals surface area contributed by atoms with Crippen LogP contribution in [0.3, 0.4) is 0 Å². The van der Waals surface area contributed by atoms with Crippen molar-refractivity contribution in [2.45, 2.75) is 46.8 Å². The highest BCUT2D eigenvalue weighted by atomic mass is 127. The molecule has 0 aliphatic carbocycles. The van der Waals surface area contributed by atoms with Gasteiger partial charge in [-0.05, 0) is 43.9 Å². The van der Waals surface area contributed by atoms with Crippen LogP contribution in [0.5, 0.6) is 0 Å². The van der Waals surface area contributed by atoms with Crippen molar-refractivity contribution in [2.24, 2.45) is 10.9 Å². The van der Waals surface area contributed by atoms with Gasteiger partial charge >= 0.3 is 0 Å². The number of anilines is 1. The fourth-order valence-corrected chi connectivity index (χ4v) is 2.75. The van der Waals surface area contributed by atoms with E-state index in [1.165, 1.54) is 5.56 Å². The fourth-order valence-electron chi connectivity index (χ4n) is 2.75. The number of ether oxygens (including phenoxy) is 1. The minimum Gasteiger partial charge on any atom is -0.375 e. The molecule has 7 heteroatoms. The summed E-state index contributed by atoms with van der Waals surface area (Å²) in [6, 6.07) is 4.17. The maximum absolute atomic E-state index is 5.61. The van der Waals surface area contributed by atoms with E-state index in [2.05, 4.69) is 54.3 Å². The number of hydrogen-bond donors (Lipinski definition) is 2. The first-order chi connectivity index (χ1) is 12.1. The Bertz CT molecular complexity index is 552. The van der Waals surface area contributed by atoms with Crippen LogP contribution in [0.15, 0.2) is 23.3 Å². The Labute approximate surface area is 175 Å². The lowest BCUT2D eigenvalue weighted by molar-refractivity contribution is 0.0529. The molecule has 1 fully saturated rings. The van der Waals surface area contributed by atoms with Gasteiger partial charge in [-0.15, -0.1) is 24.0 Å². The number of hydrogen-bond acceptors (Lipinski definition) is 4. The van der Waals surface area contributed by atoms with Crippen LogP contribution in [0.2, 0.25) is 0 Å². The van der Waals surface area contributed by atoms with Gasteiger partial charge in [0.05, 0.1) is 19.3 Å². The molecule has 1 saturated heterocycles. The van der Waals surface area contributed by atoms with E-state index in [9.17, 15) is 0 Å². The molecule has 6 nitrogen and oxygen atoms in total. The summed E-state index contributed by atoms with van der Waals surface area (Å²) >= 11 is 0. The minimum absolute atomic E-state index is 0. The number of morpholine rings is 1. The summed E-state index contributed by atoms with van der Waals surface area (Å²) in [5.74, 6) is 2.58. The van der Waals surface area contributed by atoms with Crippen molar-refractivity contribution in [3.05, 3.63) is 23.9 Å². The van der Waals surface area contributed by atoms with Crippen LogP contribution in [-0.4, -0.2) is 49.8 Å². The minimum atomic E-state index is 0. The van der Waals surface area contributed by atoms with Gasteiger partial charge in [0.1, 0.15) is 5.82 Å². The number of nitrogens with zero attached hydrogens (tertiary/aromatic N) is 3. The molecule has 1 aromatic rings. The average molecular weight is 475 g/mol. The molecule has 0 saturated carbocycles. The first-order valence-electron chi connectivity index (χ1n) is 9.42. The molecule has 2 N–H and O–H groups in total. The van der Waals surface area contributed by atoms with Gasteiger partial charge in [-0.2, -0.15) is 0 Å². The summed E-state index contributed by atoms with van der Waals surface area (Å²) in [5.41, 5.74) is 1.17. The van der Waals surface area contributed by atoms with E-state index in [0.29, 0.717) is 12.5 Å². The molecule has 0 spiro atoms. The molecule has 1 aliphatic heterocycles. The second kappa shape index (κ2) is 12.3. The summed E-state index contributed by atoms with van der Waals surface area (Å²) in [6.07, 6.45) is 3.26. The highest BCUT2D eigenvalue weighted by Gasteiger charge is 2.17. The Morgan fingerprint density at radius 1 is 1.42 bits per heavy atom. The molecule has 0 amide bonds. The van der Waals surface area contributed by atoms with E-state index < -0.39 is 0 Å². The molecular weight excluding hydrogens is 441 g/mol. The predicted octanol–water partition coefficient (Wildman–Crippen LogP) is 3.03. The van der Waals surface area contributed by atoms with E-state index in [1.807, 2.05) is 12.3 Å². The number of nitrogens with one attached hydrogen (secondary N) is 2. The van der Waals surface area contributed by atoms with Crippen molar-refractivity contribution in [3.63, 3.8) is 0 Å². The normalized spacial score (nSPS) is 17.8. The topological polar surface area (TPSA) is 61.8 Å². The Hall–Kier alpha value is -1.09. The lowest BCUT2D eigenvalue weighted by Crippen LogP contribution is -2.41. The highest BCUT2D eigenvalue weighted by Crippen LogP contribution is 2.16. The second-order valence-electron chi connectivity index (χ2n) is 6.95.